The molecular formula is C40H42Cl3N7O2. The molecule has 5 aromatic rings. The number of imidazole rings is 1. The third-order valence-corrected chi connectivity index (χ3v) is 12.0. The van der Waals surface area contributed by atoms with Crippen LogP contribution in [0.15, 0.2) is 73.1 Å². The van der Waals surface area contributed by atoms with Gasteiger partial charge in [0, 0.05) is 88.3 Å². The first-order valence-electron chi connectivity index (χ1n) is 18.2. The predicted octanol–water partition coefficient (Wildman–Crippen LogP) is 7.82. The summed E-state index contributed by atoms with van der Waals surface area (Å²) in [6, 6.07) is 21.3. The topological polar surface area (TPSA) is 98.3 Å². The molecule has 12 heteroatoms. The van der Waals surface area contributed by atoms with E-state index in [1.54, 1.807) is 6.07 Å². The number of carbonyl (C=O) groups is 2. The van der Waals surface area contributed by atoms with Crippen molar-refractivity contribution in [1.29, 1.82) is 0 Å². The number of nitrogens with zero attached hydrogens (tertiary/aromatic N) is 4. The number of aromatic nitrogens is 3. The zero-order valence-corrected chi connectivity index (χ0v) is 31.3. The van der Waals surface area contributed by atoms with Crippen LogP contribution in [0.1, 0.15) is 61.1 Å². The van der Waals surface area contributed by atoms with Gasteiger partial charge in [-0.2, -0.15) is 0 Å². The van der Waals surface area contributed by atoms with Gasteiger partial charge in [0.2, 0.25) is 5.91 Å². The fourth-order valence-corrected chi connectivity index (χ4v) is 9.20. The number of aromatic amines is 1. The van der Waals surface area contributed by atoms with Crippen LogP contribution in [-0.2, 0) is 4.79 Å². The van der Waals surface area contributed by atoms with E-state index < -0.39 is 0 Å². The SMILES string of the molecule is C[C@@H](c1ccc(Cl)cc1Cl)n1cnc(-c2ccccc2)c1-c1c(C(=O)N[C@@H]2CNC[C@@H]2N2CCC(N3CCCCC3=O)CC2)[nH]c2cc(Cl)ccc12. The summed E-state index contributed by atoms with van der Waals surface area (Å²) in [5, 5.41) is 9.49. The maximum Gasteiger partial charge on any atom is 0.268 e. The second kappa shape index (κ2) is 14.9. The van der Waals surface area contributed by atoms with Gasteiger partial charge in [-0.3, -0.25) is 14.5 Å². The molecule has 0 spiro atoms. The highest BCUT2D eigenvalue weighted by molar-refractivity contribution is 6.35. The lowest BCUT2D eigenvalue weighted by Gasteiger charge is -2.43. The summed E-state index contributed by atoms with van der Waals surface area (Å²) in [4.78, 5) is 40.3. The first-order chi connectivity index (χ1) is 25.3. The van der Waals surface area contributed by atoms with Crippen LogP contribution in [0.4, 0.5) is 0 Å². The Hall–Kier alpha value is -3.86. The minimum absolute atomic E-state index is 0.103. The molecular weight excluding hydrogens is 717 g/mol. The molecule has 0 saturated carbocycles. The molecule has 3 aromatic carbocycles. The molecule has 3 fully saturated rings. The maximum atomic E-state index is 14.7. The van der Waals surface area contributed by atoms with Crippen molar-refractivity contribution in [3.8, 4) is 22.5 Å². The van der Waals surface area contributed by atoms with Crippen molar-refractivity contribution in [2.45, 2.75) is 63.2 Å². The average Bonchev–Trinajstić information content (AvgIpc) is 3.89. The third-order valence-electron chi connectivity index (χ3n) is 11.2. The van der Waals surface area contributed by atoms with Crippen molar-refractivity contribution in [3.05, 3.63) is 99.4 Å². The number of rotatable bonds is 8. The first-order valence-corrected chi connectivity index (χ1v) is 19.3. The van der Waals surface area contributed by atoms with Gasteiger partial charge in [-0.1, -0.05) is 77.3 Å². The summed E-state index contributed by atoms with van der Waals surface area (Å²) in [5.41, 5.74) is 5.29. The van der Waals surface area contributed by atoms with E-state index in [4.69, 9.17) is 39.8 Å². The monoisotopic (exact) mass is 757 g/mol. The summed E-state index contributed by atoms with van der Waals surface area (Å²) < 4.78 is 2.09. The highest BCUT2D eigenvalue weighted by Crippen LogP contribution is 2.42. The van der Waals surface area contributed by atoms with E-state index in [1.165, 1.54) is 0 Å². The number of nitrogens with one attached hydrogen (secondary N) is 3. The molecule has 2 amide bonds. The van der Waals surface area contributed by atoms with Gasteiger partial charge in [-0.15, -0.1) is 0 Å². The molecule has 5 heterocycles. The van der Waals surface area contributed by atoms with Crippen LogP contribution < -0.4 is 10.6 Å². The zero-order valence-electron chi connectivity index (χ0n) is 29.0. The van der Waals surface area contributed by atoms with E-state index in [2.05, 4.69) is 36.9 Å². The molecule has 3 atom stereocenters. The van der Waals surface area contributed by atoms with Crippen LogP contribution in [0.2, 0.25) is 15.1 Å². The van der Waals surface area contributed by atoms with Crippen molar-refractivity contribution < 1.29 is 9.59 Å². The number of H-pyrrole nitrogens is 1. The quantitative estimate of drug-likeness (QED) is 0.150. The zero-order chi connectivity index (χ0) is 35.9. The van der Waals surface area contributed by atoms with Crippen LogP contribution in [0.5, 0.6) is 0 Å². The van der Waals surface area contributed by atoms with Gasteiger partial charge < -0.3 is 25.1 Å². The molecule has 3 aliphatic heterocycles. The largest absolute Gasteiger partial charge is 0.350 e. The molecule has 0 aliphatic carbocycles. The van der Waals surface area contributed by atoms with Crippen molar-refractivity contribution in [2.75, 3.05) is 32.7 Å². The standard InChI is InChI=1S/C40H42Cl3N7O2/c1-24(29-12-10-26(41)19-31(29)43)50-23-45-37(25-7-3-2-4-8-25)39(50)36-30-13-11-27(42)20-32(30)46-38(36)40(52)47-33-21-44-22-34(33)48-17-14-28(15-18-48)49-16-6-5-9-35(49)51/h2-4,7-8,10-13,19-20,23-24,28,33-34,44,46H,5-6,9,14-18,21-22H2,1H3,(H,47,52)/t24-,33+,34-/m0/s1. The average molecular weight is 759 g/mol. The fourth-order valence-electron chi connectivity index (χ4n) is 8.46. The normalized spacial score (nSPS) is 20.8. The van der Waals surface area contributed by atoms with Gasteiger partial charge >= 0.3 is 0 Å². The Bertz CT molecular complexity index is 2110. The number of carbonyl (C=O) groups excluding carboxylic acids is 2. The van der Waals surface area contributed by atoms with E-state index in [-0.39, 0.29) is 24.0 Å². The van der Waals surface area contributed by atoms with E-state index >= 15 is 0 Å². The Labute approximate surface area is 318 Å². The number of amides is 2. The lowest BCUT2D eigenvalue weighted by atomic mass is 9.97. The molecule has 8 rings (SSSR count). The number of fused-ring (bicyclic) bond motifs is 1. The van der Waals surface area contributed by atoms with E-state index in [9.17, 15) is 9.59 Å². The minimum Gasteiger partial charge on any atom is -0.350 e. The minimum atomic E-state index is -0.246. The van der Waals surface area contributed by atoms with Crippen molar-refractivity contribution in [3.63, 3.8) is 0 Å². The molecule has 270 valence electrons. The molecule has 9 nitrogen and oxygen atoms in total. The van der Waals surface area contributed by atoms with Gasteiger partial charge in [0.05, 0.1) is 29.8 Å². The fraction of sp³-hybridized carbons (Fsp3) is 0.375. The molecule has 3 aliphatic rings. The number of piperidine rings is 2. The Morgan fingerprint density at radius 3 is 2.48 bits per heavy atom. The summed E-state index contributed by atoms with van der Waals surface area (Å²) >= 11 is 19.6. The number of hydrogen-bond donors (Lipinski definition) is 3. The lowest BCUT2D eigenvalue weighted by molar-refractivity contribution is -0.137. The maximum absolute atomic E-state index is 14.7. The Morgan fingerprint density at radius 1 is 0.942 bits per heavy atom. The van der Waals surface area contributed by atoms with Crippen LogP contribution in [0.3, 0.4) is 0 Å². The number of halogens is 3. The van der Waals surface area contributed by atoms with Crippen LogP contribution >= 0.6 is 34.8 Å². The molecule has 3 N–H and O–H groups in total. The van der Waals surface area contributed by atoms with E-state index in [0.29, 0.717) is 45.7 Å². The first kappa shape index (κ1) is 35.2. The number of benzene rings is 3. The second-order valence-corrected chi connectivity index (χ2v) is 15.5. The Balaban J connectivity index is 1.14. The van der Waals surface area contributed by atoms with Crippen LogP contribution in [0, 0.1) is 0 Å². The Morgan fingerprint density at radius 2 is 1.71 bits per heavy atom. The van der Waals surface area contributed by atoms with E-state index in [1.807, 2.05) is 67.0 Å². The Kier molecular flexibility index (Phi) is 10.1. The van der Waals surface area contributed by atoms with Crippen molar-refractivity contribution in [2.24, 2.45) is 0 Å². The predicted molar refractivity (Wildman–Crippen MR) is 208 cm³/mol. The van der Waals surface area contributed by atoms with Gasteiger partial charge in [0.1, 0.15) is 5.69 Å². The molecule has 52 heavy (non-hydrogen) atoms. The van der Waals surface area contributed by atoms with E-state index in [0.717, 1.165) is 90.8 Å². The smallest absolute Gasteiger partial charge is 0.268 e. The lowest BCUT2D eigenvalue weighted by Crippen LogP contribution is -2.56. The summed E-state index contributed by atoms with van der Waals surface area (Å²) in [6.07, 6.45) is 6.50. The van der Waals surface area contributed by atoms with Gasteiger partial charge in [-0.25, -0.2) is 4.98 Å². The summed E-state index contributed by atoms with van der Waals surface area (Å²) in [6.45, 7) is 6.20. The molecule has 2 aromatic heterocycles. The van der Waals surface area contributed by atoms with Gasteiger partial charge in [-0.05, 0) is 62.4 Å². The number of hydrogen-bond acceptors (Lipinski definition) is 5. The molecule has 0 bridgehead atoms. The highest BCUT2D eigenvalue weighted by atomic mass is 35.5. The van der Waals surface area contributed by atoms with Gasteiger partial charge in [0.25, 0.3) is 5.91 Å². The molecule has 3 saturated heterocycles. The summed E-state index contributed by atoms with van der Waals surface area (Å²) in [5.74, 6) is 0.106. The van der Waals surface area contributed by atoms with Crippen LogP contribution in [-0.4, -0.2) is 87.0 Å². The van der Waals surface area contributed by atoms with Crippen LogP contribution in [0.25, 0.3) is 33.4 Å². The van der Waals surface area contributed by atoms with Crippen molar-refractivity contribution >= 4 is 57.5 Å². The van der Waals surface area contributed by atoms with Crippen molar-refractivity contribution in [1.82, 2.24) is 35.0 Å². The molecule has 0 unspecified atom stereocenters. The third kappa shape index (κ3) is 6.74. The molecule has 0 radical (unpaired) electrons. The highest BCUT2D eigenvalue weighted by Gasteiger charge is 2.38. The second-order valence-electron chi connectivity index (χ2n) is 14.2. The summed E-state index contributed by atoms with van der Waals surface area (Å²) in [7, 11) is 0. The van der Waals surface area contributed by atoms with Gasteiger partial charge in [0.15, 0.2) is 0 Å². The number of likely N-dealkylation sites (tertiary alicyclic amines) is 2.